The second kappa shape index (κ2) is 5.43. The molecule has 0 aliphatic carbocycles. The van der Waals surface area contributed by atoms with E-state index in [4.69, 9.17) is 5.11 Å². The first-order valence-corrected chi connectivity index (χ1v) is 6.22. The number of nitrogens with one attached hydrogen (secondary N) is 1. The van der Waals surface area contributed by atoms with E-state index in [0.717, 1.165) is 4.90 Å². The lowest BCUT2D eigenvalue weighted by molar-refractivity contribution is -0.141. The molecular weight excluding hydrogens is 254 g/mol. The number of β-amino-alcohol motifs (C(OH)–C–C–N with tert-alkyl or cyclic N) is 1. The molecule has 0 bridgehead atoms. The Bertz CT molecular complexity index is 400. The molecule has 2 aliphatic rings. The van der Waals surface area contributed by atoms with Gasteiger partial charge in [0.05, 0.1) is 6.10 Å². The van der Waals surface area contributed by atoms with Crippen molar-refractivity contribution < 1.29 is 24.6 Å². The average molecular weight is 271 g/mol. The molecule has 2 heterocycles. The summed E-state index contributed by atoms with van der Waals surface area (Å²) in [5.74, 6) is -1.39. The molecule has 2 atom stereocenters. The normalized spacial score (nSPS) is 27.9. The molecule has 2 aliphatic heterocycles. The van der Waals surface area contributed by atoms with Gasteiger partial charge in [0, 0.05) is 26.1 Å². The molecule has 0 aromatic rings. The molecule has 8 heteroatoms. The van der Waals surface area contributed by atoms with Gasteiger partial charge in [-0.1, -0.05) is 0 Å². The first-order valence-electron chi connectivity index (χ1n) is 6.22. The van der Waals surface area contributed by atoms with Crippen LogP contribution in [0.15, 0.2) is 0 Å². The highest BCUT2D eigenvalue weighted by atomic mass is 16.4. The fraction of sp³-hybridized carbons (Fsp3) is 0.727. The minimum Gasteiger partial charge on any atom is -0.480 e. The molecule has 2 fully saturated rings. The van der Waals surface area contributed by atoms with Gasteiger partial charge < -0.3 is 25.3 Å². The molecule has 0 spiro atoms. The standard InChI is InChI=1S/C11H17N3O5/c15-7-4-8(10(17)18)14(5-7)11(19)13-3-1-2-12-9(16)6-13/h7-8,15H,1-6H2,(H,12,16)(H,17,18)/t7-,8-/m1/s1. The number of nitrogens with zero attached hydrogens (tertiary/aromatic N) is 2. The van der Waals surface area contributed by atoms with Gasteiger partial charge in [0.15, 0.2) is 0 Å². The Balaban J connectivity index is 2.09. The molecule has 3 N–H and O–H groups in total. The maximum Gasteiger partial charge on any atom is 0.326 e. The Morgan fingerprint density at radius 1 is 1.37 bits per heavy atom. The molecule has 0 radical (unpaired) electrons. The maximum atomic E-state index is 12.3. The predicted octanol–water partition coefficient (Wildman–Crippen LogP) is -1.55. The van der Waals surface area contributed by atoms with Crippen molar-refractivity contribution in [1.82, 2.24) is 15.1 Å². The van der Waals surface area contributed by atoms with Crippen LogP contribution in [0.3, 0.4) is 0 Å². The molecule has 3 amide bonds. The SMILES string of the molecule is O=C1CN(C(=O)N2C[C@H](O)C[C@@H]2C(=O)O)CCCN1. The number of likely N-dealkylation sites (tertiary alicyclic amines) is 1. The summed E-state index contributed by atoms with van der Waals surface area (Å²) in [6, 6.07) is -1.52. The zero-order valence-corrected chi connectivity index (χ0v) is 10.4. The predicted molar refractivity (Wildman–Crippen MR) is 63.3 cm³/mol. The minimum absolute atomic E-state index is 0.00603. The van der Waals surface area contributed by atoms with Crippen molar-refractivity contribution in [2.75, 3.05) is 26.2 Å². The Hall–Kier alpha value is -1.83. The highest BCUT2D eigenvalue weighted by Crippen LogP contribution is 2.20. The zero-order chi connectivity index (χ0) is 14.0. The number of hydrogen-bond acceptors (Lipinski definition) is 4. The van der Waals surface area contributed by atoms with E-state index < -0.39 is 24.1 Å². The summed E-state index contributed by atoms with van der Waals surface area (Å²) in [6.07, 6.45) is -0.168. The van der Waals surface area contributed by atoms with Gasteiger partial charge in [-0.25, -0.2) is 9.59 Å². The van der Waals surface area contributed by atoms with Gasteiger partial charge in [-0.2, -0.15) is 0 Å². The Kier molecular flexibility index (Phi) is 3.89. The van der Waals surface area contributed by atoms with E-state index in [1.54, 1.807) is 0 Å². The van der Waals surface area contributed by atoms with Gasteiger partial charge in [-0.05, 0) is 6.42 Å². The van der Waals surface area contributed by atoms with Gasteiger partial charge >= 0.3 is 12.0 Å². The highest BCUT2D eigenvalue weighted by Gasteiger charge is 2.41. The summed E-state index contributed by atoms with van der Waals surface area (Å²) in [6.45, 7) is 0.829. The second-order valence-electron chi connectivity index (χ2n) is 4.80. The Labute approximate surface area is 110 Å². The van der Waals surface area contributed by atoms with Crippen molar-refractivity contribution in [2.24, 2.45) is 0 Å². The van der Waals surface area contributed by atoms with E-state index >= 15 is 0 Å². The number of carboxylic acids is 1. The molecule has 0 saturated carbocycles. The first kappa shape index (κ1) is 13.6. The third-order valence-electron chi connectivity index (χ3n) is 3.34. The first-order chi connectivity index (χ1) is 8.99. The summed E-state index contributed by atoms with van der Waals surface area (Å²) < 4.78 is 0. The number of carboxylic acid groups (broad SMARTS) is 1. The fourth-order valence-corrected chi connectivity index (χ4v) is 2.41. The van der Waals surface area contributed by atoms with Crippen molar-refractivity contribution in [1.29, 1.82) is 0 Å². The lowest BCUT2D eigenvalue weighted by atomic mass is 10.2. The van der Waals surface area contributed by atoms with E-state index in [-0.39, 0.29) is 25.4 Å². The molecule has 0 aromatic carbocycles. The van der Waals surface area contributed by atoms with Crippen LogP contribution in [0.4, 0.5) is 4.79 Å². The fourth-order valence-electron chi connectivity index (χ4n) is 2.41. The number of rotatable bonds is 1. The van der Waals surface area contributed by atoms with E-state index in [0.29, 0.717) is 19.5 Å². The van der Waals surface area contributed by atoms with Gasteiger partial charge in [-0.15, -0.1) is 0 Å². The quantitative estimate of drug-likeness (QED) is 0.534. The molecular formula is C11H17N3O5. The number of hydrogen-bond donors (Lipinski definition) is 3. The van der Waals surface area contributed by atoms with Crippen LogP contribution in [0.2, 0.25) is 0 Å². The lowest BCUT2D eigenvalue weighted by Gasteiger charge is -2.28. The summed E-state index contributed by atoms with van der Waals surface area (Å²) in [5.41, 5.74) is 0. The van der Waals surface area contributed by atoms with Crippen molar-refractivity contribution in [2.45, 2.75) is 25.0 Å². The summed E-state index contributed by atoms with van der Waals surface area (Å²) in [5, 5.41) is 21.2. The van der Waals surface area contributed by atoms with Crippen LogP contribution in [0.25, 0.3) is 0 Å². The monoisotopic (exact) mass is 271 g/mol. The number of amides is 3. The summed E-state index contributed by atoms with van der Waals surface area (Å²) in [4.78, 5) is 37.2. The van der Waals surface area contributed by atoms with Crippen LogP contribution < -0.4 is 5.32 Å². The number of urea groups is 1. The van der Waals surface area contributed by atoms with Crippen LogP contribution >= 0.6 is 0 Å². The number of aliphatic hydroxyl groups excluding tert-OH is 1. The van der Waals surface area contributed by atoms with Crippen LogP contribution in [0, 0.1) is 0 Å². The molecule has 0 aromatic heterocycles. The molecule has 19 heavy (non-hydrogen) atoms. The number of carbonyl (C=O) groups excluding carboxylic acids is 2. The van der Waals surface area contributed by atoms with Crippen molar-refractivity contribution >= 4 is 17.9 Å². The zero-order valence-electron chi connectivity index (χ0n) is 10.4. The number of aliphatic carboxylic acids is 1. The third-order valence-corrected chi connectivity index (χ3v) is 3.34. The largest absolute Gasteiger partial charge is 0.480 e. The summed E-state index contributed by atoms with van der Waals surface area (Å²) in [7, 11) is 0. The van der Waals surface area contributed by atoms with Gasteiger partial charge in [0.1, 0.15) is 12.6 Å². The van der Waals surface area contributed by atoms with Crippen molar-refractivity contribution in [3.63, 3.8) is 0 Å². The lowest BCUT2D eigenvalue weighted by Crippen LogP contribution is -2.49. The van der Waals surface area contributed by atoms with E-state index in [1.165, 1.54) is 4.90 Å². The van der Waals surface area contributed by atoms with Crippen LogP contribution in [0.1, 0.15) is 12.8 Å². The molecule has 2 saturated heterocycles. The molecule has 8 nitrogen and oxygen atoms in total. The van der Waals surface area contributed by atoms with Gasteiger partial charge in [0.25, 0.3) is 0 Å². The van der Waals surface area contributed by atoms with Crippen LogP contribution in [-0.4, -0.2) is 76.2 Å². The van der Waals surface area contributed by atoms with Crippen LogP contribution in [-0.2, 0) is 9.59 Å². The molecule has 106 valence electrons. The van der Waals surface area contributed by atoms with E-state index in [1.807, 2.05) is 0 Å². The molecule has 0 unspecified atom stereocenters. The van der Waals surface area contributed by atoms with E-state index in [2.05, 4.69) is 5.32 Å². The minimum atomic E-state index is -1.14. The number of aliphatic hydroxyl groups is 1. The maximum absolute atomic E-state index is 12.3. The Morgan fingerprint density at radius 3 is 2.79 bits per heavy atom. The molecule has 2 rings (SSSR count). The van der Waals surface area contributed by atoms with Crippen molar-refractivity contribution in [3.05, 3.63) is 0 Å². The van der Waals surface area contributed by atoms with Gasteiger partial charge in [-0.3, -0.25) is 4.79 Å². The number of carbonyl (C=O) groups is 3. The summed E-state index contributed by atoms with van der Waals surface area (Å²) >= 11 is 0. The average Bonchev–Trinajstić information content (AvgIpc) is 2.61. The second-order valence-corrected chi connectivity index (χ2v) is 4.80. The Morgan fingerprint density at radius 2 is 2.11 bits per heavy atom. The topological polar surface area (TPSA) is 110 Å². The van der Waals surface area contributed by atoms with Crippen LogP contribution in [0.5, 0.6) is 0 Å². The highest BCUT2D eigenvalue weighted by molar-refractivity contribution is 5.87. The van der Waals surface area contributed by atoms with E-state index in [9.17, 15) is 19.5 Å². The van der Waals surface area contributed by atoms with Crippen molar-refractivity contribution in [3.8, 4) is 0 Å². The van der Waals surface area contributed by atoms with Gasteiger partial charge in [0.2, 0.25) is 5.91 Å². The third kappa shape index (κ3) is 2.95. The smallest absolute Gasteiger partial charge is 0.326 e.